The third-order valence-corrected chi connectivity index (χ3v) is 4.10. The summed E-state index contributed by atoms with van der Waals surface area (Å²) >= 11 is 0.728. The standard InChI is InChI=1S/C14H12N4O5S/c1-6(19)10(7(2)20)24-14-17-11(15)9(13(22)18-14)16-12(21)8-4-3-5-23-8/h3-5,10H,1-2H3,(H2,15,17,18,22). The number of hydrogen-bond acceptors (Lipinski definition) is 7. The molecule has 0 bridgehead atoms. The second-order valence-corrected chi connectivity index (χ2v) is 5.78. The van der Waals surface area contributed by atoms with Crippen molar-refractivity contribution >= 4 is 51.9 Å². The predicted octanol–water partition coefficient (Wildman–Crippen LogP) is 0.604. The topological polar surface area (TPSA) is 142 Å². The first kappa shape index (κ1) is 17.5. The van der Waals surface area contributed by atoms with Crippen molar-refractivity contribution in [1.29, 1.82) is 5.41 Å². The average molecular weight is 348 g/mol. The molecular weight excluding hydrogens is 336 g/mol. The summed E-state index contributed by atoms with van der Waals surface area (Å²) in [5, 5.41) is 8.94. The minimum atomic E-state index is -1.03. The highest BCUT2D eigenvalue weighted by Gasteiger charge is 2.30. The minimum Gasteiger partial charge on any atom is -0.459 e. The Morgan fingerprint density at radius 2 is 2.00 bits per heavy atom. The van der Waals surface area contributed by atoms with E-state index in [0.29, 0.717) is 0 Å². The second-order valence-electron chi connectivity index (χ2n) is 4.68. The number of Topliss-reactive ketones (excluding diaryl/α,β-unsaturated/α-hetero) is 2. The molecule has 124 valence electrons. The zero-order chi connectivity index (χ0) is 17.9. The van der Waals surface area contributed by atoms with Crippen molar-refractivity contribution in [3.8, 4) is 0 Å². The number of carbonyl (C=O) groups is 4. The van der Waals surface area contributed by atoms with E-state index >= 15 is 0 Å². The maximum Gasteiger partial charge on any atom is 0.313 e. The first-order valence-electron chi connectivity index (χ1n) is 6.62. The SMILES string of the molecule is CC(=O)C(SC1=NC(=N)C(=NC(=O)c2ccco2)C(=O)N1)C(C)=O. The highest BCUT2D eigenvalue weighted by molar-refractivity contribution is 8.15. The zero-order valence-corrected chi connectivity index (χ0v) is 13.5. The van der Waals surface area contributed by atoms with Crippen molar-refractivity contribution in [2.24, 2.45) is 9.98 Å². The largest absolute Gasteiger partial charge is 0.459 e. The molecule has 24 heavy (non-hydrogen) atoms. The molecule has 0 aromatic carbocycles. The zero-order valence-electron chi connectivity index (χ0n) is 12.7. The molecule has 0 radical (unpaired) electrons. The van der Waals surface area contributed by atoms with Crippen LogP contribution in [-0.4, -0.2) is 45.3 Å². The summed E-state index contributed by atoms with van der Waals surface area (Å²) < 4.78 is 4.86. The summed E-state index contributed by atoms with van der Waals surface area (Å²) in [6.45, 7) is 2.48. The number of amides is 2. The second kappa shape index (κ2) is 7.13. The van der Waals surface area contributed by atoms with Gasteiger partial charge in [0.25, 0.3) is 5.91 Å². The van der Waals surface area contributed by atoms with Gasteiger partial charge in [-0.3, -0.25) is 29.9 Å². The fourth-order valence-corrected chi connectivity index (χ4v) is 2.58. The number of furan rings is 1. The molecule has 1 aromatic rings. The van der Waals surface area contributed by atoms with Crippen LogP contribution in [0.4, 0.5) is 0 Å². The van der Waals surface area contributed by atoms with Crippen molar-refractivity contribution in [2.75, 3.05) is 0 Å². The number of carbonyl (C=O) groups excluding carboxylic acids is 4. The van der Waals surface area contributed by atoms with E-state index in [1.54, 1.807) is 0 Å². The van der Waals surface area contributed by atoms with Crippen LogP contribution in [-0.2, 0) is 14.4 Å². The summed E-state index contributed by atoms with van der Waals surface area (Å²) in [5.74, 6) is -3.09. The van der Waals surface area contributed by atoms with Gasteiger partial charge in [0.05, 0.1) is 6.26 Å². The summed E-state index contributed by atoms with van der Waals surface area (Å²) in [4.78, 5) is 53.9. The number of ketones is 2. The summed E-state index contributed by atoms with van der Waals surface area (Å²) in [5.41, 5.74) is -0.483. The Morgan fingerprint density at radius 3 is 2.50 bits per heavy atom. The number of hydrogen-bond donors (Lipinski definition) is 2. The van der Waals surface area contributed by atoms with E-state index < -0.39 is 40.2 Å². The van der Waals surface area contributed by atoms with Crippen LogP contribution in [0.2, 0.25) is 0 Å². The molecule has 2 N–H and O–H groups in total. The molecule has 10 heteroatoms. The van der Waals surface area contributed by atoms with Crippen molar-refractivity contribution in [3.05, 3.63) is 24.2 Å². The van der Waals surface area contributed by atoms with Crippen molar-refractivity contribution < 1.29 is 23.6 Å². The van der Waals surface area contributed by atoms with Crippen LogP contribution in [0.15, 0.2) is 32.8 Å². The fourth-order valence-electron chi connectivity index (χ4n) is 1.73. The Bertz CT molecular complexity index is 780. The summed E-state index contributed by atoms with van der Waals surface area (Å²) in [7, 11) is 0. The number of rotatable bonds is 4. The van der Waals surface area contributed by atoms with Crippen LogP contribution in [0, 0.1) is 5.41 Å². The van der Waals surface area contributed by atoms with Crippen LogP contribution in [0.5, 0.6) is 0 Å². The molecule has 2 amide bonds. The van der Waals surface area contributed by atoms with Gasteiger partial charge in [0.2, 0.25) is 0 Å². The van der Waals surface area contributed by atoms with Crippen LogP contribution < -0.4 is 5.32 Å². The van der Waals surface area contributed by atoms with Gasteiger partial charge in [-0.1, -0.05) is 11.8 Å². The maximum absolute atomic E-state index is 12.0. The molecule has 0 aliphatic carbocycles. The highest BCUT2D eigenvalue weighted by atomic mass is 32.2. The van der Waals surface area contributed by atoms with E-state index in [1.807, 2.05) is 0 Å². The molecule has 9 nitrogen and oxygen atoms in total. The first-order chi connectivity index (χ1) is 11.3. The minimum absolute atomic E-state index is 0.0789. The first-order valence-corrected chi connectivity index (χ1v) is 7.50. The molecule has 2 heterocycles. The third kappa shape index (κ3) is 3.90. The number of nitrogens with one attached hydrogen (secondary N) is 2. The molecule has 1 aliphatic heterocycles. The Morgan fingerprint density at radius 1 is 1.33 bits per heavy atom. The van der Waals surface area contributed by atoms with Gasteiger partial charge in [0.1, 0.15) is 5.25 Å². The summed E-state index contributed by atoms with van der Waals surface area (Å²) in [6.07, 6.45) is 1.27. The number of thioether (sulfide) groups is 1. The van der Waals surface area contributed by atoms with E-state index in [-0.39, 0.29) is 10.9 Å². The van der Waals surface area contributed by atoms with Gasteiger partial charge < -0.3 is 4.42 Å². The van der Waals surface area contributed by atoms with Gasteiger partial charge in [0.15, 0.2) is 34.0 Å². The Hall–Kier alpha value is -2.88. The number of amidine groups is 2. The normalized spacial score (nSPS) is 16.1. The molecule has 0 saturated heterocycles. The lowest BCUT2D eigenvalue weighted by atomic mass is 10.2. The molecular formula is C14H12N4O5S. The smallest absolute Gasteiger partial charge is 0.313 e. The lowest BCUT2D eigenvalue weighted by molar-refractivity contribution is -0.124. The monoisotopic (exact) mass is 348 g/mol. The van der Waals surface area contributed by atoms with Crippen LogP contribution in [0.3, 0.4) is 0 Å². The van der Waals surface area contributed by atoms with E-state index in [1.165, 1.54) is 32.2 Å². The van der Waals surface area contributed by atoms with Crippen LogP contribution in [0.1, 0.15) is 24.4 Å². The molecule has 2 rings (SSSR count). The number of nitrogens with zero attached hydrogens (tertiary/aromatic N) is 2. The molecule has 1 aromatic heterocycles. The van der Waals surface area contributed by atoms with Crippen molar-refractivity contribution in [2.45, 2.75) is 19.1 Å². The Labute approximate surface area is 140 Å². The van der Waals surface area contributed by atoms with Gasteiger partial charge in [0, 0.05) is 0 Å². The van der Waals surface area contributed by atoms with Gasteiger partial charge in [-0.25, -0.2) is 4.99 Å². The van der Waals surface area contributed by atoms with Gasteiger partial charge in [-0.15, -0.1) is 0 Å². The number of aliphatic imine (C=N–C) groups is 2. The molecule has 0 spiro atoms. The van der Waals surface area contributed by atoms with E-state index in [4.69, 9.17) is 9.83 Å². The van der Waals surface area contributed by atoms with Gasteiger partial charge in [-0.05, 0) is 26.0 Å². The Balaban J connectivity index is 2.21. The average Bonchev–Trinajstić information content (AvgIpc) is 3.02. The molecule has 0 fully saturated rings. The van der Waals surface area contributed by atoms with E-state index in [2.05, 4.69) is 15.3 Å². The molecule has 0 atom stereocenters. The van der Waals surface area contributed by atoms with E-state index in [0.717, 1.165) is 11.8 Å². The van der Waals surface area contributed by atoms with Gasteiger partial charge >= 0.3 is 5.91 Å². The van der Waals surface area contributed by atoms with Crippen LogP contribution in [0.25, 0.3) is 0 Å². The Kier molecular flexibility index (Phi) is 5.19. The quantitative estimate of drug-likeness (QED) is 0.763. The highest BCUT2D eigenvalue weighted by Crippen LogP contribution is 2.16. The predicted molar refractivity (Wildman–Crippen MR) is 86.5 cm³/mol. The third-order valence-electron chi connectivity index (χ3n) is 2.79. The molecule has 0 unspecified atom stereocenters. The lowest BCUT2D eigenvalue weighted by Gasteiger charge is -2.17. The van der Waals surface area contributed by atoms with Crippen molar-refractivity contribution in [3.63, 3.8) is 0 Å². The van der Waals surface area contributed by atoms with Crippen LogP contribution >= 0.6 is 11.8 Å². The summed E-state index contributed by atoms with van der Waals surface area (Å²) in [6, 6.07) is 2.85. The van der Waals surface area contributed by atoms with E-state index in [9.17, 15) is 19.2 Å². The maximum atomic E-state index is 12.0. The molecule has 0 saturated carbocycles. The molecule has 1 aliphatic rings. The lowest BCUT2D eigenvalue weighted by Crippen LogP contribution is -2.44. The van der Waals surface area contributed by atoms with Crippen molar-refractivity contribution in [1.82, 2.24) is 5.32 Å². The van der Waals surface area contributed by atoms with Gasteiger partial charge in [-0.2, -0.15) is 4.99 Å². The fraction of sp³-hybridized carbons (Fsp3) is 0.214.